The van der Waals surface area contributed by atoms with Crippen molar-refractivity contribution in [3.8, 4) is 0 Å². The van der Waals surface area contributed by atoms with E-state index >= 15 is 0 Å². The molecule has 21 heavy (non-hydrogen) atoms. The average molecular weight is 283 g/mol. The lowest BCUT2D eigenvalue weighted by Crippen LogP contribution is -2.20. The molecule has 2 N–H and O–H groups in total. The lowest BCUT2D eigenvalue weighted by atomic mass is 10.1. The number of anilines is 1. The second kappa shape index (κ2) is 5.38. The summed E-state index contributed by atoms with van der Waals surface area (Å²) in [5, 5.41) is 12.6. The number of ether oxygens (including phenoxy) is 1. The highest BCUT2D eigenvalue weighted by atomic mass is 16.5. The number of hydrogen-bond acceptors (Lipinski definition) is 4. The molecule has 1 unspecified atom stereocenters. The van der Waals surface area contributed by atoms with Crippen LogP contribution in [0.2, 0.25) is 0 Å². The number of rotatable bonds is 3. The van der Waals surface area contributed by atoms with Gasteiger partial charge in [0.2, 0.25) is 0 Å². The highest BCUT2D eigenvalue weighted by molar-refractivity contribution is 5.97. The second-order valence-electron chi connectivity index (χ2n) is 4.75. The number of fused-ring (bicyclic) bond motifs is 1. The largest absolute Gasteiger partial charge is 0.457 e. The fourth-order valence-corrected chi connectivity index (χ4v) is 2.21. The van der Waals surface area contributed by atoms with Gasteiger partial charge in [-0.1, -0.05) is 30.3 Å². The van der Waals surface area contributed by atoms with Crippen LogP contribution in [0.4, 0.5) is 5.69 Å². The number of nitrogens with one attached hydrogen (secondary N) is 1. The molecular formula is C16H13NO4. The van der Waals surface area contributed by atoms with E-state index in [0.29, 0.717) is 16.8 Å². The van der Waals surface area contributed by atoms with Crippen molar-refractivity contribution in [2.45, 2.75) is 12.7 Å². The van der Waals surface area contributed by atoms with Crippen molar-refractivity contribution in [2.75, 3.05) is 5.32 Å². The van der Waals surface area contributed by atoms with E-state index in [-0.39, 0.29) is 12.6 Å². The van der Waals surface area contributed by atoms with Gasteiger partial charge in [0.15, 0.2) is 6.10 Å². The molecule has 0 radical (unpaired) electrons. The van der Waals surface area contributed by atoms with Crippen molar-refractivity contribution in [1.82, 2.24) is 0 Å². The Morgan fingerprint density at radius 1 is 1.19 bits per heavy atom. The highest BCUT2D eigenvalue weighted by Crippen LogP contribution is 2.24. The van der Waals surface area contributed by atoms with Crippen LogP contribution in [0.5, 0.6) is 0 Å². The van der Waals surface area contributed by atoms with Gasteiger partial charge < -0.3 is 15.2 Å². The Balaban J connectivity index is 1.75. The number of aliphatic hydroxyl groups is 1. The lowest BCUT2D eigenvalue weighted by molar-refractivity contribution is -0.124. The Kier molecular flexibility index (Phi) is 3.41. The third kappa shape index (κ3) is 2.64. The summed E-state index contributed by atoms with van der Waals surface area (Å²) in [7, 11) is 0. The fourth-order valence-electron chi connectivity index (χ4n) is 2.21. The smallest absolute Gasteiger partial charge is 0.338 e. The van der Waals surface area contributed by atoms with Crippen LogP contribution in [0.15, 0.2) is 48.5 Å². The SMILES string of the molecule is O=C1OCc2cc(NC(=O)C(O)c3ccccc3)ccc21. The molecule has 1 amide bonds. The molecule has 1 aliphatic rings. The zero-order valence-electron chi connectivity index (χ0n) is 11.1. The summed E-state index contributed by atoms with van der Waals surface area (Å²) in [4.78, 5) is 23.4. The van der Waals surface area contributed by atoms with Gasteiger partial charge in [-0.15, -0.1) is 0 Å². The van der Waals surface area contributed by atoms with Crippen LogP contribution in [0, 0.1) is 0 Å². The fraction of sp³-hybridized carbons (Fsp3) is 0.125. The molecule has 2 aromatic rings. The van der Waals surface area contributed by atoms with Crippen LogP contribution >= 0.6 is 0 Å². The number of benzene rings is 2. The van der Waals surface area contributed by atoms with Crippen molar-refractivity contribution in [2.24, 2.45) is 0 Å². The Hall–Kier alpha value is -2.66. The first kappa shape index (κ1) is 13.3. The number of esters is 1. The molecule has 0 bridgehead atoms. The predicted octanol–water partition coefficient (Wildman–Crippen LogP) is 2.03. The lowest BCUT2D eigenvalue weighted by Gasteiger charge is -2.12. The molecule has 3 rings (SSSR count). The van der Waals surface area contributed by atoms with Crippen LogP contribution < -0.4 is 5.32 Å². The molecule has 1 heterocycles. The van der Waals surface area contributed by atoms with Crippen LogP contribution in [0.1, 0.15) is 27.6 Å². The number of carbonyl (C=O) groups excluding carboxylic acids is 2. The highest BCUT2D eigenvalue weighted by Gasteiger charge is 2.22. The maximum absolute atomic E-state index is 12.0. The summed E-state index contributed by atoms with van der Waals surface area (Å²) in [6.45, 7) is 0.207. The van der Waals surface area contributed by atoms with Crippen molar-refractivity contribution in [3.05, 3.63) is 65.2 Å². The molecular weight excluding hydrogens is 270 g/mol. The molecule has 106 valence electrons. The summed E-state index contributed by atoms with van der Waals surface area (Å²) in [5.74, 6) is -0.876. The topological polar surface area (TPSA) is 75.6 Å². The zero-order valence-corrected chi connectivity index (χ0v) is 11.1. The van der Waals surface area contributed by atoms with E-state index in [1.807, 2.05) is 6.07 Å². The molecule has 0 aliphatic carbocycles. The van der Waals surface area contributed by atoms with Gasteiger partial charge in [0, 0.05) is 11.3 Å². The molecule has 0 aromatic heterocycles. The van der Waals surface area contributed by atoms with Crippen molar-refractivity contribution >= 4 is 17.6 Å². The first-order valence-corrected chi connectivity index (χ1v) is 6.49. The number of aliphatic hydroxyl groups excluding tert-OH is 1. The van der Waals surface area contributed by atoms with Crippen molar-refractivity contribution in [3.63, 3.8) is 0 Å². The standard InChI is InChI=1S/C16H13NO4/c18-14(10-4-2-1-3-5-10)15(19)17-12-6-7-13-11(8-12)9-21-16(13)20/h1-8,14,18H,9H2,(H,17,19). The minimum Gasteiger partial charge on any atom is -0.457 e. The Morgan fingerprint density at radius 2 is 1.95 bits per heavy atom. The number of cyclic esters (lactones) is 1. The summed E-state index contributed by atoms with van der Waals surface area (Å²) in [6.07, 6.45) is -1.24. The normalized spacial score (nSPS) is 14.2. The van der Waals surface area contributed by atoms with Gasteiger partial charge in [0.25, 0.3) is 5.91 Å². The minimum absolute atomic E-state index is 0.207. The van der Waals surface area contributed by atoms with E-state index in [1.165, 1.54) is 0 Å². The van der Waals surface area contributed by atoms with E-state index in [2.05, 4.69) is 5.32 Å². The first-order valence-electron chi connectivity index (χ1n) is 6.49. The van der Waals surface area contributed by atoms with Crippen molar-refractivity contribution < 1.29 is 19.4 Å². The summed E-state index contributed by atoms with van der Waals surface area (Å²) in [5.41, 5.74) is 2.28. The van der Waals surface area contributed by atoms with E-state index in [1.54, 1.807) is 42.5 Å². The number of hydrogen-bond donors (Lipinski definition) is 2. The minimum atomic E-state index is -1.24. The van der Waals surface area contributed by atoms with Crippen LogP contribution in [0.3, 0.4) is 0 Å². The maximum Gasteiger partial charge on any atom is 0.338 e. The van der Waals surface area contributed by atoms with Gasteiger partial charge in [-0.25, -0.2) is 4.79 Å². The quantitative estimate of drug-likeness (QED) is 0.845. The van der Waals surface area contributed by atoms with Crippen molar-refractivity contribution in [1.29, 1.82) is 0 Å². The Morgan fingerprint density at radius 3 is 2.71 bits per heavy atom. The van der Waals surface area contributed by atoms with Gasteiger partial charge in [-0.3, -0.25) is 4.79 Å². The van der Waals surface area contributed by atoms with Gasteiger partial charge in [-0.2, -0.15) is 0 Å². The van der Waals surface area contributed by atoms with Crippen LogP contribution in [0.25, 0.3) is 0 Å². The monoisotopic (exact) mass is 283 g/mol. The first-order chi connectivity index (χ1) is 10.1. The number of carbonyl (C=O) groups is 2. The molecule has 5 nitrogen and oxygen atoms in total. The summed E-state index contributed by atoms with van der Waals surface area (Å²) < 4.78 is 4.90. The van der Waals surface area contributed by atoms with E-state index in [9.17, 15) is 14.7 Å². The van der Waals surface area contributed by atoms with Gasteiger partial charge >= 0.3 is 5.97 Å². The summed E-state index contributed by atoms with van der Waals surface area (Å²) in [6, 6.07) is 13.6. The third-order valence-corrected chi connectivity index (χ3v) is 3.32. The predicted molar refractivity (Wildman–Crippen MR) is 75.6 cm³/mol. The maximum atomic E-state index is 12.0. The molecule has 1 atom stereocenters. The second-order valence-corrected chi connectivity index (χ2v) is 4.75. The van der Waals surface area contributed by atoms with Crippen LogP contribution in [-0.4, -0.2) is 17.0 Å². The number of amides is 1. The summed E-state index contributed by atoms with van der Waals surface area (Å²) >= 11 is 0. The van der Waals surface area contributed by atoms with E-state index in [4.69, 9.17) is 4.74 Å². The van der Waals surface area contributed by atoms with Gasteiger partial charge in [0.1, 0.15) is 6.61 Å². The molecule has 5 heteroatoms. The molecule has 1 aliphatic heterocycles. The van der Waals surface area contributed by atoms with E-state index in [0.717, 1.165) is 5.56 Å². The average Bonchev–Trinajstić information content (AvgIpc) is 2.88. The molecule has 0 spiro atoms. The van der Waals surface area contributed by atoms with E-state index < -0.39 is 12.0 Å². The molecule has 0 saturated heterocycles. The zero-order chi connectivity index (χ0) is 14.8. The van der Waals surface area contributed by atoms with Gasteiger partial charge in [-0.05, 0) is 23.8 Å². The third-order valence-electron chi connectivity index (χ3n) is 3.32. The molecule has 2 aromatic carbocycles. The molecule has 0 fully saturated rings. The van der Waals surface area contributed by atoms with Crippen LogP contribution in [-0.2, 0) is 16.1 Å². The Labute approximate surface area is 121 Å². The molecule has 0 saturated carbocycles. The van der Waals surface area contributed by atoms with Gasteiger partial charge in [0.05, 0.1) is 5.56 Å². The Bertz CT molecular complexity index is 697.